The lowest BCUT2D eigenvalue weighted by Gasteiger charge is -2.43. The number of nitrogens with zero attached hydrogens (tertiary/aromatic N) is 1. The van der Waals surface area contributed by atoms with E-state index in [-0.39, 0.29) is 38.7 Å². The van der Waals surface area contributed by atoms with Crippen molar-refractivity contribution < 1.29 is 17.9 Å². The van der Waals surface area contributed by atoms with E-state index in [2.05, 4.69) is 15.9 Å². The molecule has 0 aliphatic carbocycles. The van der Waals surface area contributed by atoms with Crippen molar-refractivity contribution in [3.05, 3.63) is 56.7 Å². The van der Waals surface area contributed by atoms with Crippen LogP contribution in [0, 0.1) is 22.7 Å². The Hall–Kier alpha value is -2.47. The van der Waals surface area contributed by atoms with Crippen LogP contribution in [0.4, 0.5) is 13.2 Å². The number of alkyl halides is 3. The van der Waals surface area contributed by atoms with Crippen LogP contribution in [0.15, 0.2) is 45.6 Å². The molecule has 5 nitrogen and oxygen atoms in total. The van der Waals surface area contributed by atoms with Gasteiger partial charge in [-0.05, 0) is 36.6 Å². The summed E-state index contributed by atoms with van der Waals surface area (Å²) in [4.78, 5) is 0. The van der Waals surface area contributed by atoms with Crippen molar-refractivity contribution in [3.63, 3.8) is 0 Å². The Morgan fingerprint density at radius 2 is 1.85 bits per heavy atom. The van der Waals surface area contributed by atoms with Gasteiger partial charge in [0.25, 0.3) is 0 Å². The Labute approximate surface area is 163 Å². The molecule has 5 N–H and O–H groups in total. The molecule has 0 radical (unpaired) electrons. The summed E-state index contributed by atoms with van der Waals surface area (Å²) in [6, 6.07) is 5.33. The topological polar surface area (TPSA) is 109 Å². The number of benzene rings is 1. The van der Waals surface area contributed by atoms with Crippen molar-refractivity contribution >= 4 is 21.6 Å². The number of hydrogen-bond donors (Lipinski definition) is 3. The van der Waals surface area contributed by atoms with Gasteiger partial charge in [0.2, 0.25) is 5.88 Å². The molecular formula is C18H18BrF3N4O. The van der Waals surface area contributed by atoms with Crippen molar-refractivity contribution in [2.24, 2.45) is 17.4 Å². The summed E-state index contributed by atoms with van der Waals surface area (Å²) in [5.41, 5.74) is 9.62. The zero-order chi connectivity index (χ0) is 20.7. The van der Waals surface area contributed by atoms with E-state index in [1.807, 2.05) is 6.07 Å². The fourth-order valence-corrected chi connectivity index (χ4v) is 4.03. The number of hydrogen-bond acceptors (Lipinski definition) is 5. The van der Waals surface area contributed by atoms with Gasteiger partial charge in [-0.3, -0.25) is 0 Å². The standard InChI is InChI=1S/C18H18BrF3N4O/c1-8(2)17(10-4-11(18(20,21)22)6-12(19)5-10)13(7-23)15(25)27-16(26)14(17)9(3)24/h4-6,8,24H,25-26H2,1-3H3. The molecule has 144 valence electrons. The molecule has 1 atom stereocenters. The number of nitrogens with one attached hydrogen (secondary N) is 1. The molecule has 1 aromatic rings. The monoisotopic (exact) mass is 442 g/mol. The molecule has 2 rings (SSSR count). The number of rotatable bonds is 3. The fraction of sp³-hybridized carbons (Fsp3) is 0.333. The minimum absolute atomic E-state index is 0.0324. The number of nitriles is 1. The fourth-order valence-electron chi connectivity index (χ4n) is 3.54. The van der Waals surface area contributed by atoms with Crippen LogP contribution in [0.25, 0.3) is 0 Å². The molecule has 1 aliphatic heterocycles. The summed E-state index contributed by atoms with van der Waals surface area (Å²) in [6.07, 6.45) is -4.60. The van der Waals surface area contributed by atoms with Crippen LogP contribution < -0.4 is 11.5 Å². The molecule has 0 saturated carbocycles. The van der Waals surface area contributed by atoms with E-state index >= 15 is 0 Å². The summed E-state index contributed by atoms with van der Waals surface area (Å²) in [7, 11) is 0. The molecule has 0 amide bonds. The van der Waals surface area contributed by atoms with E-state index in [0.29, 0.717) is 0 Å². The minimum Gasteiger partial charge on any atom is -0.424 e. The molecule has 1 unspecified atom stereocenters. The van der Waals surface area contributed by atoms with E-state index < -0.39 is 23.1 Å². The lowest BCUT2D eigenvalue weighted by Crippen LogP contribution is -2.45. The Kier molecular flexibility index (Phi) is 5.34. The first-order chi connectivity index (χ1) is 12.4. The van der Waals surface area contributed by atoms with Crippen molar-refractivity contribution in [1.29, 1.82) is 10.7 Å². The van der Waals surface area contributed by atoms with Crippen molar-refractivity contribution in [2.45, 2.75) is 32.4 Å². The van der Waals surface area contributed by atoms with Gasteiger partial charge in [0.1, 0.15) is 11.6 Å². The first-order valence-corrected chi connectivity index (χ1v) is 8.68. The first-order valence-electron chi connectivity index (χ1n) is 7.89. The molecule has 0 fully saturated rings. The van der Waals surface area contributed by atoms with E-state index in [9.17, 15) is 18.4 Å². The predicted octanol–water partition coefficient (Wildman–Crippen LogP) is 4.30. The molecule has 0 aromatic heterocycles. The van der Waals surface area contributed by atoms with E-state index in [4.69, 9.17) is 21.6 Å². The Balaban J connectivity index is 3.03. The van der Waals surface area contributed by atoms with Crippen molar-refractivity contribution in [1.82, 2.24) is 0 Å². The number of halogens is 4. The smallest absolute Gasteiger partial charge is 0.416 e. The second kappa shape index (κ2) is 6.93. The Morgan fingerprint density at radius 3 is 2.30 bits per heavy atom. The second-order valence-corrected chi connectivity index (χ2v) is 7.42. The minimum atomic E-state index is -4.60. The maximum absolute atomic E-state index is 13.4. The molecule has 0 saturated heterocycles. The molecule has 1 aliphatic rings. The molecule has 27 heavy (non-hydrogen) atoms. The van der Waals surface area contributed by atoms with Gasteiger partial charge in [0.15, 0.2) is 5.88 Å². The second-order valence-electron chi connectivity index (χ2n) is 6.51. The third kappa shape index (κ3) is 3.30. The molecule has 9 heteroatoms. The quantitative estimate of drug-likeness (QED) is 0.606. The van der Waals surface area contributed by atoms with Crippen LogP contribution >= 0.6 is 15.9 Å². The summed E-state index contributed by atoms with van der Waals surface area (Å²) < 4.78 is 45.6. The Bertz CT molecular complexity index is 912. The lowest BCUT2D eigenvalue weighted by molar-refractivity contribution is -0.137. The first kappa shape index (κ1) is 20.8. The van der Waals surface area contributed by atoms with E-state index in [1.54, 1.807) is 13.8 Å². The average molecular weight is 443 g/mol. The molecule has 0 bridgehead atoms. The maximum Gasteiger partial charge on any atom is 0.416 e. The number of ether oxygens (including phenoxy) is 1. The zero-order valence-electron chi connectivity index (χ0n) is 14.8. The highest BCUT2D eigenvalue weighted by Gasteiger charge is 2.51. The van der Waals surface area contributed by atoms with Crippen molar-refractivity contribution in [2.75, 3.05) is 0 Å². The van der Waals surface area contributed by atoms with E-state index in [1.165, 1.54) is 13.0 Å². The summed E-state index contributed by atoms with van der Waals surface area (Å²) >= 11 is 3.11. The van der Waals surface area contributed by atoms with Crippen molar-refractivity contribution in [3.8, 4) is 6.07 Å². The van der Waals surface area contributed by atoms with Gasteiger partial charge in [0.05, 0.1) is 11.0 Å². The van der Waals surface area contributed by atoms with Crippen LogP contribution in [-0.2, 0) is 16.3 Å². The summed E-state index contributed by atoms with van der Waals surface area (Å²) in [5.74, 6) is -0.956. The van der Waals surface area contributed by atoms with Crippen LogP contribution in [0.3, 0.4) is 0 Å². The average Bonchev–Trinajstić information content (AvgIpc) is 2.51. The molecule has 1 heterocycles. The van der Waals surface area contributed by atoms with Crippen LogP contribution in [0.2, 0.25) is 0 Å². The van der Waals surface area contributed by atoms with Gasteiger partial charge >= 0.3 is 6.18 Å². The van der Waals surface area contributed by atoms with Gasteiger partial charge < -0.3 is 21.6 Å². The molecule has 0 spiro atoms. The predicted molar refractivity (Wildman–Crippen MR) is 98.2 cm³/mol. The number of nitrogens with two attached hydrogens (primary N) is 2. The van der Waals surface area contributed by atoms with Crippen LogP contribution in [0.1, 0.15) is 31.9 Å². The van der Waals surface area contributed by atoms with Crippen LogP contribution in [0.5, 0.6) is 0 Å². The van der Waals surface area contributed by atoms with Gasteiger partial charge in [-0.25, -0.2) is 0 Å². The highest BCUT2D eigenvalue weighted by atomic mass is 79.9. The summed E-state index contributed by atoms with van der Waals surface area (Å²) in [5, 5.41) is 17.9. The maximum atomic E-state index is 13.4. The van der Waals surface area contributed by atoms with E-state index in [0.717, 1.165) is 12.1 Å². The third-order valence-corrected chi connectivity index (χ3v) is 4.99. The van der Waals surface area contributed by atoms with Gasteiger partial charge in [-0.2, -0.15) is 18.4 Å². The van der Waals surface area contributed by atoms with Gasteiger partial charge in [-0.15, -0.1) is 0 Å². The highest BCUT2D eigenvalue weighted by molar-refractivity contribution is 9.10. The lowest BCUT2D eigenvalue weighted by atomic mass is 9.60. The van der Waals surface area contributed by atoms with Gasteiger partial charge in [0, 0.05) is 15.8 Å². The molecule has 1 aromatic carbocycles. The largest absolute Gasteiger partial charge is 0.424 e. The molecular weight excluding hydrogens is 425 g/mol. The summed E-state index contributed by atoms with van der Waals surface area (Å²) in [6.45, 7) is 4.88. The third-order valence-electron chi connectivity index (χ3n) is 4.53. The van der Waals surface area contributed by atoms with Gasteiger partial charge in [-0.1, -0.05) is 29.8 Å². The normalized spacial score (nSPS) is 20.6. The zero-order valence-corrected chi connectivity index (χ0v) is 16.4. The number of allylic oxidation sites excluding steroid dienone is 2. The van der Waals surface area contributed by atoms with Crippen LogP contribution in [-0.4, -0.2) is 5.71 Å². The Morgan fingerprint density at radius 1 is 1.26 bits per heavy atom. The SMILES string of the molecule is CC(=N)C1=C(N)OC(N)=C(C#N)C1(c1cc(Br)cc(C(F)(F)F)c1)C(C)C. The highest BCUT2D eigenvalue weighted by Crippen LogP contribution is 2.51.